The van der Waals surface area contributed by atoms with Crippen LogP contribution in [0.2, 0.25) is 0 Å². The molecule has 1 aromatic heterocycles. The lowest BCUT2D eigenvalue weighted by molar-refractivity contribution is -0.0641. The largest absolute Gasteiger partial charge is 0.426 e. The van der Waals surface area contributed by atoms with Gasteiger partial charge < -0.3 is 9.26 Å². The standard InChI is InChI=1S/C16H21N2O6P/c1-3-13(11-22-25(21)24-14-7-5-4-6-8-14)23-12(2)18-10-9-15(19)17-16(18)20/h4-10,12-13,25H,3,11H2,1-2H3,(H,17,19,20). The second kappa shape index (κ2) is 9.36. The van der Waals surface area contributed by atoms with Crippen molar-refractivity contribution in [3.8, 4) is 5.75 Å². The van der Waals surface area contributed by atoms with Crippen LogP contribution in [0.15, 0.2) is 52.2 Å². The van der Waals surface area contributed by atoms with Crippen LogP contribution in [0.4, 0.5) is 0 Å². The topological polar surface area (TPSA) is 99.6 Å². The molecule has 2 rings (SSSR count). The Labute approximate surface area is 145 Å². The van der Waals surface area contributed by atoms with Gasteiger partial charge in [0.15, 0.2) is 0 Å². The molecule has 0 radical (unpaired) electrons. The Morgan fingerprint density at radius 2 is 1.92 bits per heavy atom. The first kappa shape index (κ1) is 19.2. The van der Waals surface area contributed by atoms with Crippen molar-refractivity contribution < 1.29 is 18.3 Å². The van der Waals surface area contributed by atoms with E-state index in [2.05, 4.69) is 4.98 Å². The van der Waals surface area contributed by atoms with Crippen LogP contribution >= 0.6 is 8.25 Å². The molecule has 3 atom stereocenters. The van der Waals surface area contributed by atoms with Crippen molar-refractivity contribution in [3.05, 3.63) is 63.4 Å². The molecule has 9 heteroatoms. The molecule has 0 saturated heterocycles. The molecule has 25 heavy (non-hydrogen) atoms. The fourth-order valence-corrected chi connectivity index (χ4v) is 2.80. The molecule has 1 heterocycles. The Hall–Kier alpha value is -2.15. The summed E-state index contributed by atoms with van der Waals surface area (Å²) in [5, 5.41) is 0. The van der Waals surface area contributed by atoms with Gasteiger partial charge in [-0.1, -0.05) is 25.1 Å². The minimum absolute atomic E-state index is 0.0591. The van der Waals surface area contributed by atoms with Gasteiger partial charge in [-0.25, -0.2) is 9.36 Å². The van der Waals surface area contributed by atoms with E-state index in [1.54, 1.807) is 31.2 Å². The summed E-state index contributed by atoms with van der Waals surface area (Å²) in [7, 11) is -2.71. The van der Waals surface area contributed by atoms with Crippen molar-refractivity contribution >= 4 is 8.25 Å². The van der Waals surface area contributed by atoms with Gasteiger partial charge in [0.05, 0.1) is 12.7 Å². The summed E-state index contributed by atoms with van der Waals surface area (Å²) in [5.74, 6) is 0.466. The number of rotatable bonds is 9. The smallest absolute Gasteiger partial charge is 0.367 e. The number of aromatic amines is 1. The summed E-state index contributed by atoms with van der Waals surface area (Å²) in [6.07, 6.45) is 0.946. The van der Waals surface area contributed by atoms with Crippen LogP contribution in [0.3, 0.4) is 0 Å². The highest BCUT2D eigenvalue weighted by atomic mass is 31.1. The SMILES string of the molecule is CCC(CO[PH](=O)Oc1ccccc1)OC(C)n1ccc(=O)[nH]c1=O. The Balaban J connectivity index is 1.88. The van der Waals surface area contributed by atoms with E-state index < -0.39 is 25.7 Å². The molecule has 2 aromatic rings. The molecule has 0 spiro atoms. The first-order valence-corrected chi connectivity index (χ1v) is 9.08. The van der Waals surface area contributed by atoms with Gasteiger partial charge in [0, 0.05) is 12.3 Å². The van der Waals surface area contributed by atoms with E-state index in [4.69, 9.17) is 13.8 Å². The normalized spacial score (nSPS) is 14.6. The van der Waals surface area contributed by atoms with E-state index in [0.29, 0.717) is 12.2 Å². The lowest BCUT2D eigenvalue weighted by atomic mass is 10.3. The van der Waals surface area contributed by atoms with Gasteiger partial charge in [0.2, 0.25) is 0 Å². The molecule has 136 valence electrons. The van der Waals surface area contributed by atoms with Crippen molar-refractivity contribution in [1.29, 1.82) is 0 Å². The second-order valence-electron chi connectivity index (χ2n) is 5.26. The summed E-state index contributed by atoms with van der Waals surface area (Å²) in [4.78, 5) is 25.0. The van der Waals surface area contributed by atoms with Crippen molar-refractivity contribution in [3.63, 3.8) is 0 Å². The molecule has 0 fully saturated rings. The number of nitrogens with zero attached hydrogens (tertiary/aromatic N) is 1. The number of hydrogen-bond acceptors (Lipinski definition) is 6. The zero-order chi connectivity index (χ0) is 18.2. The van der Waals surface area contributed by atoms with Crippen molar-refractivity contribution in [2.45, 2.75) is 32.6 Å². The Morgan fingerprint density at radius 3 is 2.56 bits per heavy atom. The van der Waals surface area contributed by atoms with Crippen LogP contribution in [0.1, 0.15) is 26.5 Å². The van der Waals surface area contributed by atoms with Crippen LogP contribution in [0.25, 0.3) is 0 Å². The average Bonchev–Trinajstić information content (AvgIpc) is 2.59. The van der Waals surface area contributed by atoms with E-state index >= 15 is 0 Å². The molecule has 0 aliphatic rings. The number of para-hydroxylation sites is 1. The molecular formula is C16H21N2O6P. The fraction of sp³-hybridized carbons (Fsp3) is 0.375. The highest BCUT2D eigenvalue weighted by Crippen LogP contribution is 2.28. The van der Waals surface area contributed by atoms with E-state index in [1.165, 1.54) is 16.8 Å². The van der Waals surface area contributed by atoms with E-state index in [9.17, 15) is 14.2 Å². The summed E-state index contributed by atoms with van der Waals surface area (Å²) in [6, 6.07) is 9.98. The summed E-state index contributed by atoms with van der Waals surface area (Å²) < 4.78 is 29.3. The second-order valence-corrected chi connectivity index (χ2v) is 6.25. The van der Waals surface area contributed by atoms with Gasteiger partial charge >= 0.3 is 13.9 Å². The first-order chi connectivity index (χ1) is 12.0. The predicted octanol–water partition coefficient (Wildman–Crippen LogP) is 2.34. The van der Waals surface area contributed by atoms with Gasteiger partial charge in [-0.2, -0.15) is 0 Å². The zero-order valence-electron chi connectivity index (χ0n) is 14.0. The molecule has 8 nitrogen and oxygen atoms in total. The lowest BCUT2D eigenvalue weighted by Gasteiger charge is -2.22. The molecular weight excluding hydrogens is 347 g/mol. The Kier molecular flexibility index (Phi) is 7.18. The average molecular weight is 368 g/mol. The third-order valence-corrected chi connectivity index (χ3v) is 4.22. The summed E-state index contributed by atoms with van der Waals surface area (Å²) >= 11 is 0. The van der Waals surface area contributed by atoms with Crippen molar-refractivity contribution in [2.75, 3.05) is 6.61 Å². The van der Waals surface area contributed by atoms with Gasteiger partial charge in [0.25, 0.3) is 5.56 Å². The van der Waals surface area contributed by atoms with Crippen LogP contribution in [-0.2, 0) is 13.8 Å². The zero-order valence-corrected chi connectivity index (χ0v) is 15.0. The molecule has 0 saturated carbocycles. The van der Waals surface area contributed by atoms with Crippen LogP contribution in [-0.4, -0.2) is 22.3 Å². The quantitative estimate of drug-likeness (QED) is 0.682. The molecule has 1 aromatic carbocycles. The molecule has 0 amide bonds. The first-order valence-electron chi connectivity index (χ1n) is 7.86. The third-order valence-electron chi connectivity index (χ3n) is 3.42. The third kappa shape index (κ3) is 6.01. The lowest BCUT2D eigenvalue weighted by Crippen LogP contribution is -2.33. The van der Waals surface area contributed by atoms with Crippen molar-refractivity contribution in [2.24, 2.45) is 0 Å². The fourth-order valence-electron chi connectivity index (χ4n) is 2.09. The number of nitrogens with one attached hydrogen (secondary N) is 1. The maximum Gasteiger partial charge on any atom is 0.367 e. The summed E-state index contributed by atoms with van der Waals surface area (Å²) in [6.45, 7) is 3.61. The van der Waals surface area contributed by atoms with E-state index in [1.807, 2.05) is 13.0 Å². The van der Waals surface area contributed by atoms with Crippen molar-refractivity contribution in [1.82, 2.24) is 9.55 Å². The Bertz CT molecular complexity index is 804. The molecule has 0 bridgehead atoms. The monoisotopic (exact) mass is 368 g/mol. The molecule has 3 unspecified atom stereocenters. The minimum atomic E-state index is -2.71. The molecule has 0 aliphatic carbocycles. The maximum atomic E-state index is 11.9. The van der Waals surface area contributed by atoms with Crippen LogP contribution in [0.5, 0.6) is 5.75 Å². The number of ether oxygens (including phenoxy) is 1. The van der Waals surface area contributed by atoms with E-state index in [0.717, 1.165) is 0 Å². The van der Waals surface area contributed by atoms with E-state index in [-0.39, 0.29) is 12.7 Å². The summed E-state index contributed by atoms with van der Waals surface area (Å²) in [5.41, 5.74) is -1.03. The van der Waals surface area contributed by atoms with Gasteiger partial charge in [-0.05, 0) is 25.5 Å². The minimum Gasteiger partial charge on any atom is -0.426 e. The molecule has 0 aliphatic heterocycles. The number of H-pyrrole nitrogens is 1. The van der Waals surface area contributed by atoms with Gasteiger partial charge in [0.1, 0.15) is 12.0 Å². The van der Waals surface area contributed by atoms with Gasteiger partial charge in [-0.15, -0.1) is 0 Å². The number of aromatic nitrogens is 2. The maximum absolute atomic E-state index is 11.9. The highest BCUT2D eigenvalue weighted by molar-refractivity contribution is 7.33. The van der Waals surface area contributed by atoms with Crippen LogP contribution in [0, 0.1) is 0 Å². The highest BCUT2D eigenvalue weighted by Gasteiger charge is 2.16. The van der Waals surface area contributed by atoms with Crippen LogP contribution < -0.4 is 15.8 Å². The van der Waals surface area contributed by atoms with Gasteiger partial charge in [-0.3, -0.25) is 18.9 Å². The number of hydrogen-bond donors (Lipinski definition) is 1. The Morgan fingerprint density at radius 1 is 1.20 bits per heavy atom. The molecule has 1 N–H and O–H groups in total. The number of benzene rings is 1. The predicted molar refractivity (Wildman–Crippen MR) is 93.2 cm³/mol.